The molecule has 0 unspecified atom stereocenters. The van der Waals surface area contributed by atoms with E-state index in [1.54, 1.807) is 24.5 Å². The number of nitrogens with zero attached hydrogens (tertiary/aromatic N) is 1. The molecule has 2 aromatic rings. The molecule has 0 radical (unpaired) electrons. The Hall–Kier alpha value is -2.54. The standard InChI is InChI=1S/C19H22N2O5/c1-12-4-6-17(25-12)19(23)21-9-8-15-14(21)5-7-16(26-15)18(22)20-11-13-3-2-10-24-13/h2-4,6,10,14-16H,5,7-9,11H2,1H3,(H,20,22)/t14-,15-,16-/m0/s1. The number of ether oxygens (including phenoxy) is 1. The first-order chi connectivity index (χ1) is 12.6. The molecule has 2 aliphatic heterocycles. The summed E-state index contributed by atoms with van der Waals surface area (Å²) >= 11 is 0. The van der Waals surface area contributed by atoms with Crippen LogP contribution in [0.3, 0.4) is 0 Å². The molecule has 0 aliphatic carbocycles. The second kappa shape index (κ2) is 6.99. The van der Waals surface area contributed by atoms with Gasteiger partial charge in [0.05, 0.1) is 25.0 Å². The Balaban J connectivity index is 1.34. The van der Waals surface area contributed by atoms with Gasteiger partial charge in [-0.25, -0.2) is 0 Å². The quantitative estimate of drug-likeness (QED) is 0.906. The number of aryl methyl sites for hydroxylation is 1. The Bertz CT molecular complexity index is 782. The lowest BCUT2D eigenvalue weighted by Gasteiger charge is -2.35. The summed E-state index contributed by atoms with van der Waals surface area (Å²) in [5.74, 6) is 1.55. The molecule has 26 heavy (non-hydrogen) atoms. The van der Waals surface area contributed by atoms with Crippen molar-refractivity contribution in [2.24, 2.45) is 0 Å². The molecular formula is C19H22N2O5. The zero-order valence-electron chi connectivity index (χ0n) is 14.6. The number of likely N-dealkylation sites (tertiary alicyclic amines) is 1. The van der Waals surface area contributed by atoms with Crippen molar-refractivity contribution in [1.82, 2.24) is 10.2 Å². The summed E-state index contributed by atoms with van der Waals surface area (Å²) in [4.78, 5) is 26.8. The average Bonchev–Trinajstić information content (AvgIpc) is 3.39. The summed E-state index contributed by atoms with van der Waals surface area (Å²) in [5, 5.41) is 2.84. The van der Waals surface area contributed by atoms with E-state index in [4.69, 9.17) is 13.6 Å². The van der Waals surface area contributed by atoms with E-state index in [2.05, 4.69) is 5.32 Å². The molecule has 0 spiro atoms. The number of fused-ring (bicyclic) bond motifs is 1. The smallest absolute Gasteiger partial charge is 0.289 e. The summed E-state index contributed by atoms with van der Waals surface area (Å²) in [6.45, 7) is 2.79. The fourth-order valence-electron chi connectivity index (χ4n) is 3.76. The van der Waals surface area contributed by atoms with Gasteiger partial charge in [0.1, 0.15) is 17.6 Å². The molecule has 1 N–H and O–H groups in total. The lowest BCUT2D eigenvalue weighted by molar-refractivity contribution is -0.143. The molecule has 7 nitrogen and oxygen atoms in total. The zero-order chi connectivity index (χ0) is 18.1. The number of carbonyl (C=O) groups is 2. The van der Waals surface area contributed by atoms with E-state index in [0.717, 1.165) is 18.6 Å². The average molecular weight is 358 g/mol. The van der Waals surface area contributed by atoms with Crippen molar-refractivity contribution >= 4 is 11.8 Å². The van der Waals surface area contributed by atoms with Crippen molar-refractivity contribution in [3.63, 3.8) is 0 Å². The second-order valence-corrected chi connectivity index (χ2v) is 6.80. The maximum atomic E-state index is 12.7. The lowest BCUT2D eigenvalue weighted by atomic mass is 9.98. The maximum absolute atomic E-state index is 12.7. The van der Waals surface area contributed by atoms with Gasteiger partial charge >= 0.3 is 0 Å². The lowest BCUT2D eigenvalue weighted by Crippen LogP contribution is -2.48. The first kappa shape index (κ1) is 16.9. The molecule has 3 atom stereocenters. The Labute approximate surface area is 151 Å². The Morgan fingerprint density at radius 2 is 2.12 bits per heavy atom. The van der Waals surface area contributed by atoms with E-state index < -0.39 is 6.10 Å². The molecule has 2 fully saturated rings. The number of hydrogen-bond donors (Lipinski definition) is 1. The van der Waals surface area contributed by atoms with Crippen molar-refractivity contribution in [3.8, 4) is 0 Å². The van der Waals surface area contributed by atoms with Crippen LogP contribution in [-0.4, -0.2) is 41.5 Å². The summed E-state index contributed by atoms with van der Waals surface area (Å²) < 4.78 is 16.7. The van der Waals surface area contributed by atoms with Crippen molar-refractivity contribution < 1.29 is 23.2 Å². The third-order valence-electron chi connectivity index (χ3n) is 5.07. The van der Waals surface area contributed by atoms with Crippen LogP contribution in [0, 0.1) is 6.92 Å². The Morgan fingerprint density at radius 1 is 1.23 bits per heavy atom. The second-order valence-electron chi connectivity index (χ2n) is 6.80. The van der Waals surface area contributed by atoms with Crippen LogP contribution in [0.5, 0.6) is 0 Å². The maximum Gasteiger partial charge on any atom is 0.289 e. The molecule has 2 aromatic heterocycles. The number of rotatable bonds is 4. The highest BCUT2D eigenvalue weighted by Crippen LogP contribution is 2.32. The molecular weight excluding hydrogens is 336 g/mol. The number of amides is 2. The van der Waals surface area contributed by atoms with E-state index in [9.17, 15) is 9.59 Å². The molecule has 0 saturated carbocycles. The number of hydrogen-bond acceptors (Lipinski definition) is 5. The van der Waals surface area contributed by atoms with Crippen molar-refractivity contribution in [2.45, 2.75) is 51.0 Å². The van der Waals surface area contributed by atoms with Gasteiger partial charge in [-0.3, -0.25) is 9.59 Å². The fraction of sp³-hybridized carbons (Fsp3) is 0.474. The van der Waals surface area contributed by atoms with Crippen LogP contribution in [0.4, 0.5) is 0 Å². The number of furan rings is 2. The summed E-state index contributed by atoms with van der Waals surface area (Å²) in [5.41, 5.74) is 0. The van der Waals surface area contributed by atoms with Crippen molar-refractivity contribution in [1.29, 1.82) is 0 Å². The van der Waals surface area contributed by atoms with Gasteiger partial charge in [0.2, 0.25) is 5.91 Å². The third kappa shape index (κ3) is 3.26. The third-order valence-corrected chi connectivity index (χ3v) is 5.07. The molecule has 138 valence electrons. The van der Waals surface area contributed by atoms with E-state index in [0.29, 0.717) is 31.0 Å². The van der Waals surface area contributed by atoms with Gasteiger partial charge in [0.15, 0.2) is 5.76 Å². The highest BCUT2D eigenvalue weighted by atomic mass is 16.5. The highest BCUT2D eigenvalue weighted by Gasteiger charge is 2.44. The van der Waals surface area contributed by atoms with Crippen LogP contribution in [0.15, 0.2) is 39.4 Å². The molecule has 2 amide bonds. The van der Waals surface area contributed by atoms with Gasteiger partial charge in [-0.1, -0.05) is 0 Å². The number of nitrogens with one attached hydrogen (secondary N) is 1. The van der Waals surface area contributed by atoms with E-state index >= 15 is 0 Å². The first-order valence-electron chi connectivity index (χ1n) is 8.95. The summed E-state index contributed by atoms with van der Waals surface area (Å²) in [6.07, 6.45) is 3.06. The SMILES string of the molecule is Cc1ccc(C(=O)N2CC[C@@H]3O[C@H](C(=O)NCc4ccco4)CC[C@@H]32)o1. The van der Waals surface area contributed by atoms with Crippen LogP contribution in [0.2, 0.25) is 0 Å². The minimum Gasteiger partial charge on any atom is -0.467 e. The number of carbonyl (C=O) groups excluding carboxylic acids is 2. The summed E-state index contributed by atoms with van der Waals surface area (Å²) in [6, 6.07) is 7.10. The van der Waals surface area contributed by atoms with Gasteiger partial charge in [-0.05, 0) is 50.5 Å². The van der Waals surface area contributed by atoms with Crippen molar-refractivity contribution in [2.75, 3.05) is 6.54 Å². The molecule has 0 bridgehead atoms. The van der Waals surface area contributed by atoms with Gasteiger partial charge in [0.25, 0.3) is 5.91 Å². The predicted octanol–water partition coefficient (Wildman–Crippen LogP) is 2.26. The van der Waals surface area contributed by atoms with Crippen LogP contribution >= 0.6 is 0 Å². The Morgan fingerprint density at radius 3 is 2.85 bits per heavy atom. The molecule has 4 heterocycles. The first-order valence-corrected chi connectivity index (χ1v) is 8.95. The van der Waals surface area contributed by atoms with Crippen LogP contribution in [0.1, 0.15) is 41.3 Å². The van der Waals surface area contributed by atoms with Gasteiger partial charge in [-0.15, -0.1) is 0 Å². The van der Waals surface area contributed by atoms with E-state index in [1.165, 1.54) is 0 Å². The molecule has 7 heteroatoms. The topological polar surface area (TPSA) is 84.9 Å². The highest BCUT2D eigenvalue weighted by molar-refractivity contribution is 5.92. The van der Waals surface area contributed by atoms with Gasteiger partial charge in [0, 0.05) is 6.54 Å². The normalized spacial score (nSPS) is 25.1. The fourth-order valence-corrected chi connectivity index (χ4v) is 3.76. The van der Waals surface area contributed by atoms with Crippen LogP contribution < -0.4 is 5.32 Å². The largest absolute Gasteiger partial charge is 0.467 e. The van der Waals surface area contributed by atoms with Crippen molar-refractivity contribution in [3.05, 3.63) is 47.8 Å². The molecule has 2 saturated heterocycles. The van der Waals surface area contributed by atoms with Gasteiger partial charge in [-0.2, -0.15) is 0 Å². The Kier molecular flexibility index (Phi) is 4.55. The molecule has 4 rings (SSSR count). The summed E-state index contributed by atoms with van der Waals surface area (Å²) in [7, 11) is 0. The van der Waals surface area contributed by atoms with Crippen LogP contribution in [-0.2, 0) is 16.1 Å². The monoisotopic (exact) mass is 358 g/mol. The zero-order valence-corrected chi connectivity index (χ0v) is 14.6. The molecule has 2 aliphatic rings. The van der Waals surface area contributed by atoms with E-state index in [-0.39, 0.29) is 24.0 Å². The molecule has 0 aromatic carbocycles. The van der Waals surface area contributed by atoms with E-state index in [1.807, 2.05) is 17.9 Å². The minimum atomic E-state index is -0.480. The minimum absolute atomic E-state index is 0.00188. The van der Waals surface area contributed by atoms with Crippen LogP contribution in [0.25, 0.3) is 0 Å². The van der Waals surface area contributed by atoms with Gasteiger partial charge < -0.3 is 23.8 Å². The predicted molar refractivity (Wildman–Crippen MR) is 91.3 cm³/mol.